The molecule has 90 valence electrons. The van der Waals surface area contributed by atoms with Gasteiger partial charge in [-0.1, -0.05) is 0 Å². The Bertz CT molecular complexity index is 510. The highest BCUT2D eigenvalue weighted by molar-refractivity contribution is 7.13. The van der Waals surface area contributed by atoms with E-state index in [1.165, 1.54) is 5.56 Å². The molecular weight excluding hydrogens is 234 g/mol. The van der Waals surface area contributed by atoms with Gasteiger partial charge in [0.15, 0.2) is 11.6 Å². The molecule has 0 bridgehead atoms. The van der Waals surface area contributed by atoms with E-state index in [0.29, 0.717) is 5.75 Å². The number of aromatic nitrogens is 2. The molecule has 2 heterocycles. The molecule has 1 N–H and O–H groups in total. The number of rotatable bonds is 4. The standard InChI is InChI=1S/C12H15N3OS/c1-4-13-12-10(16-3)9(14-7-15-12)11-8(2)5-6-17-11/h5-7H,4H2,1-3H3,(H,13,14,15). The zero-order chi connectivity index (χ0) is 12.3. The van der Waals surface area contributed by atoms with E-state index in [9.17, 15) is 0 Å². The number of nitrogens with zero attached hydrogens (tertiary/aromatic N) is 2. The normalized spacial score (nSPS) is 10.3. The van der Waals surface area contributed by atoms with Crippen molar-refractivity contribution in [3.63, 3.8) is 0 Å². The van der Waals surface area contributed by atoms with E-state index in [1.54, 1.807) is 24.8 Å². The summed E-state index contributed by atoms with van der Waals surface area (Å²) in [6.45, 7) is 4.90. The van der Waals surface area contributed by atoms with Gasteiger partial charge in [-0.15, -0.1) is 11.3 Å². The van der Waals surface area contributed by atoms with Crippen LogP contribution in [0.3, 0.4) is 0 Å². The van der Waals surface area contributed by atoms with Crippen molar-refractivity contribution in [1.29, 1.82) is 0 Å². The van der Waals surface area contributed by atoms with Crippen LogP contribution in [0.4, 0.5) is 5.82 Å². The van der Waals surface area contributed by atoms with Crippen molar-refractivity contribution in [2.75, 3.05) is 19.0 Å². The Balaban J connectivity index is 2.54. The Morgan fingerprint density at radius 3 is 2.82 bits per heavy atom. The fraction of sp³-hybridized carbons (Fsp3) is 0.333. The van der Waals surface area contributed by atoms with Crippen LogP contribution in [0.1, 0.15) is 12.5 Å². The van der Waals surface area contributed by atoms with Crippen LogP contribution in [-0.2, 0) is 0 Å². The van der Waals surface area contributed by atoms with Crippen molar-refractivity contribution >= 4 is 17.2 Å². The van der Waals surface area contributed by atoms with Gasteiger partial charge in [0.25, 0.3) is 0 Å². The van der Waals surface area contributed by atoms with Crippen molar-refractivity contribution in [2.45, 2.75) is 13.8 Å². The van der Waals surface area contributed by atoms with E-state index < -0.39 is 0 Å². The molecule has 0 saturated carbocycles. The Labute approximate surface area is 105 Å². The molecule has 2 rings (SSSR count). The predicted molar refractivity (Wildman–Crippen MR) is 70.8 cm³/mol. The van der Waals surface area contributed by atoms with E-state index in [1.807, 2.05) is 6.92 Å². The average molecular weight is 249 g/mol. The third-order valence-corrected chi connectivity index (χ3v) is 3.45. The maximum Gasteiger partial charge on any atom is 0.188 e. The van der Waals surface area contributed by atoms with E-state index in [-0.39, 0.29) is 0 Å². The molecule has 0 atom stereocenters. The van der Waals surface area contributed by atoms with Crippen molar-refractivity contribution in [3.8, 4) is 16.3 Å². The maximum atomic E-state index is 5.43. The molecule has 0 aliphatic carbocycles. The molecule has 0 aliphatic rings. The number of methoxy groups -OCH3 is 1. The minimum absolute atomic E-state index is 0.708. The zero-order valence-electron chi connectivity index (χ0n) is 10.2. The summed E-state index contributed by atoms with van der Waals surface area (Å²) < 4.78 is 5.43. The maximum absolute atomic E-state index is 5.43. The number of aryl methyl sites for hydroxylation is 1. The van der Waals surface area contributed by atoms with Crippen molar-refractivity contribution in [2.24, 2.45) is 0 Å². The lowest BCUT2D eigenvalue weighted by molar-refractivity contribution is 0.415. The number of nitrogens with one attached hydrogen (secondary N) is 1. The summed E-state index contributed by atoms with van der Waals surface area (Å²) in [6.07, 6.45) is 1.56. The molecule has 5 heteroatoms. The van der Waals surface area contributed by atoms with Crippen LogP contribution in [0, 0.1) is 6.92 Å². The Hall–Kier alpha value is -1.62. The first-order chi connectivity index (χ1) is 8.27. The lowest BCUT2D eigenvalue weighted by Gasteiger charge is -2.11. The minimum Gasteiger partial charge on any atom is -0.491 e. The summed E-state index contributed by atoms with van der Waals surface area (Å²) in [5.74, 6) is 1.45. The zero-order valence-corrected chi connectivity index (χ0v) is 11.0. The topological polar surface area (TPSA) is 47.0 Å². The second-order valence-corrected chi connectivity index (χ2v) is 4.48. The van der Waals surface area contributed by atoms with Gasteiger partial charge in [-0.3, -0.25) is 0 Å². The lowest BCUT2D eigenvalue weighted by atomic mass is 10.2. The van der Waals surface area contributed by atoms with Crippen LogP contribution in [0.2, 0.25) is 0 Å². The monoisotopic (exact) mass is 249 g/mol. The molecule has 2 aromatic rings. The molecule has 4 nitrogen and oxygen atoms in total. The van der Waals surface area contributed by atoms with Crippen LogP contribution in [0.5, 0.6) is 5.75 Å². The summed E-state index contributed by atoms with van der Waals surface area (Å²) >= 11 is 1.66. The number of anilines is 1. The van der Waals surface area contributed by atoms with E-state index in [4.69, 9.17) is 4.74 Å². The highest BCUT2D eigenvalue weighted by Crippen LogP contribution is 2.37. The fourth-order valence-electron chi connectivity index (χ4n) is 1.64. The molecule has 0 amide bonds. The lowest BCUT2D eigenvalue weighted by Crippen LogP contribution is -2.04. The highest BCUT2D eigenvalue weighted by atomic mass is 32.1. The van der Waals surface area contributed by atoms with Crippen LogP contribution in [0.25, 0.3) is 10.6 Å². The average Bonchev–Trinajstić information content (AvgIpc) is 2.75. The second-order valence-electron chi connectivity index (χ2n) is 3.57. The molecule has 0 fully saturated rings. The SMILES string of the molecule is CCNc1ncnc(-c2sccc2C)c1OC. The molecule has 0 spiro atoms. The Morgan fingerprint density at radius 2 is 2.24 bits per heavy atom. The van der Waals surface area contributed by atoms with Gasteiger partial charge in [-0.2, -0.15) is 0 Å². The van der Waals surface area contributed by atoms with E-state index in [0.717, 1.165) is 22.9 Å². The third kappa shape index (κ3) is 2.24. The van der Waals surface area contributed by atoms with Gasteiger partial charge < -0.3 is 10.1 Å². The largest absolute Gasteiger partial charge is 0.491 e. The summed E-state index contributed by atoms with van der Waals surface area (Å²) in [5.41, 5.74) is 2.06. The predicted octanol–water partition coefficient (Wildman–Crippen LogP) is 2.95. The van der Waals surface area contributed by atoms with Crippen molar-refractivity contribution < 1.29 is 4.74 Å². The smallest absolute Gasteiger partial charge is 0.188 e. The molecule has 0 unspecified atom stereocenters. The van der Waals surface area contributed by atoms with Crippen LogP contribution in [0.15, 0.2) is 17.8 Å². The highest BCUT2D eigenvalue weighted by Gasteiger charge is 2.15. The fourth-order valence-corrected chi connectivity index (χ4v) is 2.56. The molecule has 2 aromatic heterocycles. The van der Waals surface area contributed by atoms with Gasteiger partial charge in [0.05, 0.1) is 12.0 Å². The van der Waals surface area contributed by atoms with Crippen LogP contribution < -0.4 is 10.1 Å². The van der Waals surface area contributed by atoms with Gasteiger partial charge in [-0.05, 0) is 30.9 Å². The molecule has 17 heavy (non-hydrogen) atoms. The third-order valence-electron chi connectivity index (χ3n) is 2.43. The van der Waals surface area contributed by atoms with Gasteiger partial charge in [0, 0.05) is 6.54 Å². The summed E-state index contributed by atoms with van der Waals surface area (Å²) in [7, 11) is 1.64. The molecular formula is C12H15N3OS. The van der Waals surface area contributed by atoms with Crippen LogP contribution in [-0.4, -0.2) is 23.6 Å². The van der Waals surface area contributed by atoms with Gasteiger partial charge in [0.1, 0.15) is 12.0 Å². The number of thiophene rings is 1. The van der Waals surface area contributed by atoms with E-state index in [2.05, 4.69) is 33.7 Å². The van der Waals surface area contributed by atoms with E-state index >= 15 is 0 Å². The number of hydrogen-bond donors (Lipinski definition) is 1. The first kappa shape index (κ1) is 11.9. The van der Waals surface area contributed by atoms with Gasteiger partial charge in [0.2, 0.25) is 0 Å². The quantitative estimate of drug-likeness (QED) is 0.905. The second kappa shape index (κ2) is 5.14. The molecule has 0 aromatic carbocycles. The molecule has 0 saturated heterocycles. The van der Waals surface area contributed by atoms with Gasteiger partial charge in [-0.25, -0.2) is 9.97 Å². The minimum atomic E-state index is 0.708. The molecule has 0 aliphatic heterocycles. The first-order valence-electron chi connectivity index (χ1n) is 5.45. The number of ether oxygens (including phenoxy) is 1. The van der Waals surface area contributed by atoms with Crippen molar-refractivity contribution in [3.05, 3.63) is 23.3 Å². The molecule has 0 radical (unpaired) electrons. The Kier molecular flexibility index (Phi) is 3.58. The Morgan fingerprint density at radius 1 is 1.41 bits per heavy atom. The van der Waals surface area contributed by atoms with Crippen molar-refractivity contribution in [1.82, 2.24) is 9.97 Å². The summed E-state index contributed by atoms with van der Waals surface area (Å²) in [5, 5.41) is 5.23. The number of hydrogen-bond acceptors (Lipinski definition) is 5. The summed E-state index contributed by atoms with van der Waals surface area (Å²) in [4.78, 5) is 9.66. The van der Waals surface area contributed by atoms with Gasteiger partial charge >= 0.3 is 0 Å². The van der Waals surface area contributed by atoms with Crippen LogP contribution >= 0.6 is 11.3 Å². The first-order valence-corrected chi connectivity index (χ1v) is 6.33. The summed E-state index contributed by atoms with van der Waals surface area (Å²) in [6, 6.07) is 2.08.